The van der Waals surface area contributed by atoms with Crippen LogP contribution in [0.2, 0.25) is 0 Å². The molecule has 0 bridgehead atoms. The predicted molar refractivity (Wildman–Crippen MR) is 153 cm³/mol. The average Bonchev–Trinajstić information content (AvgIpc) is 2.96. The first-order chi connectivity index (χ1) is 17.8. The Balaban J connectivity index is 1.79. The largest absolute Gasteiger partial charge is 0.122 e. The molecule has 0 amide bonds. The molecule has 0 heterocycles. The molecule has 172 valence electrons. The second kappa shape index (κ2) is 9.49. The van der Waals surface area contributed by atoms with Gasteiger partial charge in [0.05, 0.1) is 0 Å². The van der Waals surface area contributed by atoms with Crippen molar-refractivity contribution in [1.29, 1.82) is 0 Å². The van der Waals surface area contributed by atoms with Crippen LogP contribution in [0.15, 0.2) is 157 Å². The van der Waals surface area contributed by atoms with Crippen LogP contribution in [0.4, 0.5) is 0 Å². The number of allylic oxidation sites excluding steroid dienone is 3. The third kappa shape index (κ3) is 3.71. The zero-order valence-corrected chi connectivity index (χ0v) is 20.6. The van der Waals surface area contributed by atoms with E-state index in [2.05, 4.69) is 146 Å². The Morgan fingerprint density at radius 1 is 0.444 bits per heavy atom. The minimum absolute atomic E-state index is 0.811. The number of halogens is 1. The molecular formula is C35H25Cl. The van der Waals surface area contributed by atoms with Gasteiger partial charge in [-0.15, -0.1) is 11.6 Å². The highest BCUT2D eigenvalue weighted by molar-refractivity contribution is 6.42. The fraction of sp³-hybridized carbons (Fsp3) is 0.0286. The van der Waals surface area contributed by atoms with Crippen LogP contribution in [0.25, 0.3) is 16.7 Å². The first-order valence-electron chi connectivity index (χ1n) is 12.2. The smallest absolute Gasteiger partial charge is 0.103 e. The molecule has 0 saturated carbocycles. The van der Waals surface area contributed by atoms with E-state index in [9.17, 15) is 0 Å². The van der Waals surface area contributed by atoms with Gasteiger partial charge in [-0.3, -0.25) is 0 Å². The molecule has 1 atom stereocenters. The molecule has 0 radical (unpaired) electrons. The zero-order valence-electron chi connectivity index (χ0n) is 19.8. The van der Waals surface area contributed by atoms with E-state index in [4.69, 9.17) is 11.6 Å². The molecule has 1 aliphatic carbocycles. The van der Waals surface area contributed by atoms with Crippen LogP contribution in [0.5, 0.6) is 0 Å². The van der Waals surface area contributed by atoms with Gasteiger partial charge >= 0.3 is 0 Å². The standard InChI is InChI=1S/C35H25Cl/c36-35(30-24-14-5-15-25-30)33(29-22-12-4-13-23-29)32(28-20-10-3-11-21-28)34(35)31(26-16-6-1-7-17-26)27-18-8-2-9-19-27/h1-25H/t35-/m0/s1. The molecular weight excluding hydrogens is 456 g/mol. The van der Waals surface area contributed by atoms with Gasteiger partial charge in [0.25, 0.3) is 0 Å². The van der Waals surface area contributed by atoms with Gasteiger partial charge in [-0.1, -0.05) is 152 Å². The molecule has 5 aromatic carbocycles. The van der Waals surface area contributed by atoms with E-state index in [0.717, 1.165) is 39.0 Å². The van der Waals surface area contributed by atoms with Crippen molar-refractivity contribution in [1.82, 2.24) is 0 Å². The maximum atomic E-state index is 7.92. The van der Waals surface area contributed by atoms with Crippen molar-refractivity contribution in [3.05, 3.63) is 185 Å². The molecule has 0 aliphatic heterocycles. The highest BCUT2D eigenvalue weighted by atomic mass is 35.5. The van der Waals surface area contributed by atoms with Crippen molar-refractivity contribution in [3.63, 3.8) is 0 Å². The van der Waals surface area contributed by atoms with E-state index < -0.39 is 4.87 Å². The molecule has 36 heavy (non-hydrogen) atoms. The third-order valence-corrected chi connectivity index (χ3v) is 7.46. The Kier molecular flexibility index (Phi) is 5.89. The van der Waals surface area contributed by atoms with Gasteiger partial charge in [0.1, 0.15) is 4.87 Å². The van der Waals surface area contributed by atoms with Crippen LogP contribution in [0, 0.1) is 0 Å². The van der Waals surface area contributed by atoms with Gasteiger partial charge in [0.15, 0.2) is 0 Å². The maximum Gasteiger partial charge on any atom is 0.122 e. The summed E-state index contributed by atoms with van der Waals surface area (Å²) in [6.45, 7) is 0. The molecule has 0 unspecified atom stereocenters. The fourth-order valence-corrected chi connectivity index (χ4v) is 5.81. The predicted octanol–water partition coefficient (Wildman–Crippen LogP) is 9.25. The van der Waals surface area contributed by atoms with Crippen LogP contribution in [-0.4, -0.2) is 0 Å². The number of benzene rings is 5. The normalized spacial score (nSPS) is 17.0. The lowest BCUT2D eigenvalue weighted by molar-refractivity contribution is 0.910. The Morgan fingerprint density at radius 2 is 0.833 bits per heavy atom. The quantitative estimate of drug-likeness (QED) is 0.220. The van der Waals surface area contributed by atoms with E-state index in [0.29, 0.717) is 0 Å². The van der Waals surface area contributed by atoms with Gasteiger partial charge < -0.3 is 0 Å². The molecule has 1 heteroatoms. The summed E-state index contributed by atoms with van der Waals surface area (Å²) < 4.78 is 0. The van der Waals surface area contributed by atoms with Crippen molar-refractivity contribution in [2.24, 2.45) is 0 Å². The molecule has 0 N–H and O–H groups in total. The zero-order chi connectivity index (χ0) is 24.4. The Labute approximate surface area is 217 Å². The Hall–Kier alpha value is -4.13. The molecule has 1 aliphatic rings. The van der Waals surface area contributed by atoms with Crippen LogP contribution in [-0.2, 0) is 4.87 Å². The molecule has 6 rings (SSSR count). The third-order valence-electron chi connectivity index (χ3n) is 6.86. The number of rotatable bonds is 5. The molecule has 5 aromatic rings. The van der Waals surface area contributed by atoms with Crippen molar-refractivity contribution in [2.75, 3.05) is 0 Å². The maximum absolute atomic E-state index is 7.92. The summed E-state index contributed by atoms with van der Waals surface area (Å²) in [7, 11) is 0. The lowest BCUT2D eigenvalue weighted by Gasteiger charge is -2.47. The molecule has 0 spiro atoms. The summed E-state index contributed by atoms with van der Waals surface area (Å²) in [6, 6.07) is 52.9. The lowest BCUT2D eigenvalue weighted by Crippen LogP contribution is -2.35. The molecule has 0 nitrogen and oxygen atoms in total. The second-order valence-electron chi connectivity index (χ2n) is 8.99. The first-order valence-corrected chi connectivity index (χ1v) is 12.6. The van der Waals surface area contributed by atoms with Crippen molar-refractivity contribution >= 4 is 28.3 Å². The van der Waals surface area contributed by atoms with Crippen LogP contribution >= 0.6 is 11.6 Å². The van der Waals surface area contributed by atoms with Crippen LogP contribution in [0.3, 0.4) is 0 Å². The summed E-state index contributed by atoms with van der Waals surface area (Å²) in [5.41, 5.74) is 10.3. The summed E-state index contributed by atoms with van der Waals surface area (Å²) in [5.74, 6) is 0. The summed E-state index contributed by atoms with van der Waals surface area (Å²) >= 11 is 7.92. The molecule has 0 saturated heterocycles. The van der Waals surface area contributed by atoms with E-state index in [-0.39, 0.29) is 0 Å². The number of alkyl halides is 1. The van der Waals surface area contributed by atoms with Crippen molar-refractivity contribution < 1.29 is 0 Å². The summed E-state index contributed by atoms with van der Waals surface area (Å²) in [6.07, 6.45) is 0. The van der Waals surface area contributed by atoms with Crippen LogP contribution < -0.4 is 0 Å². The molecule has 0 fully saturated rings. The van der Waals surface area contributed by atoms with Crippen molar-refractivity contribution in [3.8, 4) is 0 Å². The average molecular weight is 481 g/mol. The highest BCUT2D eigenvalue weighted by Gasteiger charge is 2.52. The topological polar surface area (TPSA) is 0 Å². The van der Waals surface area contributed by atoms with Gasteiger partial charge in [0.2, 0.25) is 0 Å². The van der Waals surface area contributed by atoms with E-state index >= 15 is 0 Å². The number of hydrogen-bond donors (Lipinski definition) is 0. The minimum Gasteiger partial charge on any atom is -0.103 e. The van der Waals surface area contributed by atoms with E-state index in [1.54, 1.807) is 0 Å². The first kappa shape index (κ1) is 22.3. The van der Waals surface area contributed by atoms with Gasteiger partial charge in [-0.05, 0) is 50.1 Å². The Morgan fingerprint density at radius 3 is 1.31 bits per heavy atom. The Bertz CT molecular complexity index is 1490. The van der Waals surface area contributed by atoms with Gasteiger partial charge in [-0.2, -0.15) is 0 Å². The monoisotopic (exact) mass is 480 g/mol. The fourth-order valence-electron chi connectivity index (χ4n) is 5.29. The van der Waals surface area contributed by atoms with Crippen molar-refractivity contribution in [2.45, 2.75) is 4.87 Å². The summed E-state index contributed by atoms with van der Waals surface area (Å²) in [5, 5.41) is 0. The summed E-state index contributed by atoms with van der Waals surface area (Å²) in [4.78, 5) is -0.811. The minimum atomic E-state index is -0.811. The second-order valence-corrected chi connectivity index (χ2v) is 9.56. The van der Waals surface area contributed by atoms with E-state index in [1.165, 1.54) is 11.1 Å². The number of hydrogen-bond acceptors (Lipinski definition) is 0. The van der Waals surface area contributed by atoms with Crippen LogP contribution in [0.1, 0.15) is 27.8 Å². The van der Waals surface area contributed by atoms with Gasteiger partial charge in [0, 0.05) is 0 Å². The highest BCUT2D eigenvalue weighted by Crippen LogP contribution is 2.65. The van der Waals surface area contributed by atoms with Gasteiger partial charge in [-0.25, -0.2) is 0 Å². The van der Waals surface area contributed by atoms with E-state index in [1.807, 2.05) is 6.07 Å². The SMILES string of the molecule is Cl[C@]1(c2ccccc2)C(=C(c2ccccc2)c2ccccc2)C(c2ccccc2)=C1c1ccccc1. The lowest BCUT2D eigenvalue weighted by atomic mass is 9.61. The molecule has 0 aromatic heterocycles.